The van der Waals surface area contributed by atoms with Crippen LogP contribution in [0.25, 0.3) is 0 Å². The Bertz CT molecular complexity index is 12.4. The van der Waals surface area contributed by atoms with Crippen molar-refractivity contribution in [3.8, 4) is 0 Å². The molecule has 0 nitrogen and oxygen atoms in total. The van der Waals surface area contributed by atoms with Gasteiger partial charge >= 0.3 is 0 Å². The van der Waals surface area contributed by atoms with Gasteiger partial charge in [-0.1, -0.05) is 13.2 Å². The highest BCUT2D eigenvalue weighted by Crippen LogP contribution is 1.73. The summed E-state index contributed by atoms with van der Waals surface area (Å²) in [7, 11) is 7.11. The van der Waals surface area contributed by atoms with Crippen molar-refractivity contribution in [3.63, 3.8) is 0 Å². The Morgan fingerprint density at radius 1 is 1.80 bits per heavy atom. The molecule has 0 unspecified atom stereocenters. The van der Waals surface area contributed by atoms with Crippen molar-refractivity contribution >= 4 is 15.1 Å². The molecule has 0 N–H and O–H groups in total. The summed E-state index contributed by atoms with van der Waals surface area (Å²) in [6.07, 6.45) is 1.81. The standard InChI is InChI=1S/C3H7B2/c1-2-5-3-4/h2-3H2,1H3. The lowest BCUT2D eigenvalue weighted by atomic mass is 9.64. The van der Waals surface area contributed by atoms with Crippen LogP contribution in [0.3, 0.4) is 0 Å². The molecule has 25 valence electrons. The van der Waals surface area contributed by atoms with Crippen LogP contribution >= 0.6 is 0 Å². The van der Waals surface area contributed by atoms with Crippen LogP contribution < -0.4 is 0 Å². The van der Waals surface area contributed by atoms with Gasteiger partial charge in [-0.05, 0) is 0 Å². The minimum Gasteiger partial charge on any atom is -0.114 e. The van der Waals surface area contributed by atoms with Crippen molar-refractivity contribution in [3.05, 3.63) is 0 Å². The van der Waals surface area contributed by atoms with E-state index in [1.54, 1.807) is 0 Å². The maximum Gasteiger partial charge on any atom is 0.0993 e. The van der Waals surface area contributed by atoms with E-state index < -0.39 is 0 Å². The second-order valence-corrected chi connectivity index (χ2v) is 0.933. The van der Waals surface area contributed by atoms with Gasteiger partial charge in [0.15, 0.2) is 0 Å². The van der Waals surface area contributed by atoms with Gasteiger partial charge in [-0.25, -0.2) is 0 Å². The average Bonchev–Trinajstić information content (AvgIpc) is 1.41. The zero-order valence-electron chi connectivity index (χ0n) is 3.57. The van der Waals surface area contributed by atoms with Crippen molar-refractivity contribution in [2.45, 2.75) is 19.5 Å². The molecule has 2 heteroatoms. The van der Waals surface area contributed by atoms with E-state index >= 15 is 0 Å². The summed E-state index contributed by atoms with van der Waals surface area (Å²) < 4.78 is 0. The van der Waals surface area contributed by atoms with Gasteiger partial charge in [-0.15, -0.1) is 6.22 Å². The van der Waals surface area contributed by atoms with E-state index in [0.29, 0.717) is 0 Å². The molecule has 0 fully saturated rings. The lowest BCUT2D eigenvalue weighted by Crippen LogP contribution is -1.80. The maximum atomic E-state index is 5.08. The van der Waals surface area contributed by atoms with E-state index in [2.05, 4.69) is 6.92 Å². The van der Waals surface area contributed by atoms with Gasteiger partial charge in [0.2, 0.25) is 0 Å². The van der Waals surface area contributed by atoms with E-state index in [0.717, 1.165) is 12.5 Å². The normalized spacial score (nSPS) is 7.40. The summed E-state index contributed by atoms with van der Waals surface area (Å²) in [6, 6.07) is 0. The molecule has 0 aliphatic rings. The van der Waals surface area contributed by atoms with Crippen LogP contribution in [-0.2, 0) is 0 Å². The number of hydrogen-bond donors (Lipinski definition) is 0. The van der Waals surface area contributed by atoms with Gasteiger partial charge < -0.3 is 0 Å². The molecule has 0 saturated heterocycles. The maximum absolute atomic E-state index is 5.08. The molecule has 0 aliphatic heterocycles. The van der Waals surface area contributed by atoms with Crippen LogP contribution in [0, 0.1) is 0 Å². The van der Waals surface area contributed by atoms with Gasteiger partial charge in [0.1, 0.15) is 0 Å². The highest BCUT2D eigenvalue weighted by molar-refractivity contribution is 6.46. The third-order valence-electron chi connectivity index (χ3n) is 0.455. The third-order valence-corrected chi connectivity index (χ3v) is 0.455. The summed E-state index contributed by atoms with van der Waals surface area (Å²) in [5.41, 5.74) is 0. The van der Waals surface area contributed by atoms with E-state index in [1.807, 2.05) is 7.28 Å². The first-order valence-electron chi connectivity index (χ1n) is 1.93. The molecule has 0 heterocycles. The van der Waals surface area contributed by atoms with Gasteiger partial charge in [0.25, 0.3) is 0 Å². The van der Waals surface area contributed by atoms with Crippen molar-refractivity contribution in [1.29, 1.82) is 0 Å². The van der Waals surface area contributed by atoms with Crippen LogP contribution in [0.5, 0.6) is 0 Å². The Kier molecular flexibility index (Phi) is 4.24. The Morgan fingerprint density at radius 3 is 2.40 bits per heavy atom. The summed E-state index contributed by atoms with van der Waals surface area (Å²) in [5.74, 6) is 0. The van der Waals surface area contributed by atoms with Gasteiger partial charge in [-0.2, -0.15) is 0 Å². The van der Waals surface area contributed by atoms with Crippen molar-refractivity contribution in [2.75, 3.05) is 0 Å². The van der Waals surface area contributed by atoms with Crippen molar-refractivity contribution < 1.29 is 0 Å². The second-order valence-electron chi connectivity index (χ2n) is 0.933. The number of rotatable bonds is 2. The van der Waals surface area contributed by atoms with E-state index in [-0.39, 0.29) is 0 Å². The summed E-state index contributed by atoms with van der Waals surface area (Å²) in [6.45, 7) is 2.08. The first-order chi connectivity index (χ1) is 2.41. The first kappa shape index (κ1) is 5.13. The fourth-order valence-electron chi connectivity index (χ4n) is 0.167. The van der Waals surface area contributed by atoms with Gasteiger partial charge in [-0.3, -0.25) is 0 Å². The summed E-state index contributed by atoms with van der Waals surface area (Å²) in [5, 5.41) is 0. The fourth-order valence-corrected chi connectivity index (χ4v) is 0.167. The zero-order valence-corrected chi connectivity index (χ0v) is 3.57. The Morgan fingerprint density at radius 2 is 2.40 bits per heavy atom. The van der Waals surface area contributed by atoms with Crippen LogP contribution in [0.1, 0.15) is 6.92 Å². The third kappa shape index (κ3) is 4.13. The largest absolute Gasteiger partial charge is 0.114 e. The minimum atomic E-state index is 0.719. The Labute approximate surface area is 35.6 Å². The smallest absolute Gasteiger partial charge is 0.0993 e. The van der Waals surface area contributed by atoms with E-state index in [4.69, 9.17) is 7.85 Å². The molecule has 0 atom stereocenters. The summed E-state index contributed by atoms with van der Waals surface area (Å²) >= 11 is 0. The van der Waals surface area contributed by atoms with Crippen molar-refractivity contribution in [2.24, 2.45) is 0 Å². The molecular weight excluding hydrogens is 57.7 g/mol. The predicted octanol–water partition coefficient (Wildman–Crippen LogP) is 0.673. The molecule has 0 spiro atoms. The minimum absolute atomic E-state index is 0.719. The molecule has 0 amide bonds. The molecule has 3 radical (unpaired) electrons. The summed E-state index contributed by atoms with van der Waals surface area (Å²) in [4.78, 5) is 0. The molecule has 0 rings (SSSR count). The van der Waals surface area contributed by atoms with Crippen molar-refractivity contribution in [1.82, 2.24) is 0 Å². The number of hydrogen-bond acceptors (Lipinski definition) is 0. The highest BCUT2D eigenvalue weighted by atomic mass is 13.4. The van der Waals surface area contributed by atoms with Crippen LogP contribution in [0.2, 0.25) is 12.5 Å². The molecule has 0 aromatic carbocycles. The molecule has 0 aromatic rings. The topological polar surface area (TPSA) is 0 Å². The Balaban J connectivity index is 2.19. The highest BCUT2D eigenvalue weighted by Gasteiger charge is 1.72. The quantitative estimate of drug-likeness (QED) is 0.414. The molecule has 0 bridgehead atoms. The lowest BCUT2D eigenvalue weighted by molar-refractivity contribution is 1.45. The van der Waals surface area contributed by atoms with E-state index in [1.165, 1.54) is 0 Å². The fraction of sp³-hybridized carbons (Fsp3) is 1.00. The van der Waals surface area contributed by atoms with Crippen LogP contribution in [0.15, 0.2) is 0 Å². The van der Waals surface area contributed by atoms with Crippen LogP contribution in [-0.4, -0.2) is 15.1 Å². The average molecular weight is 64.7 g/mol. The van der Waals surface area contributed by atoms with Gasteiger partial charge in [0.05, 0.1) is 15.1 Å². The van der Waals surface area contributed by atoms with E-state index in [9.17, 15) is 0 Å². The first-order valence-corrected chi connectivity index (χ1v) is 1.93. The molecule has 5 heavy (non-hydrogen) atoms. The molecule has 0 aliphatic carbocycles. The van der Waals surface area contributed by atoms with Gasteiger partial charge in [0, 0.05) is 0 Å². The molecule has 0 saturated carbocycles. The Hall–Kier alpha value is 0.130. The van der Waals surface area contributed by atoms with Crippen LogP contribution in [0.4, 0.5) is 0 Å². The molecule has 0 aromatic heterocycles. The lowest BCUT2D eigenvalue weighted by Gasteiger charge is -1.75. The predicted molar refractivity (Wildman–Crippen MR) is 26.8 cm³/mol. The SMILES string of the molecule is [B]C[B]CC. The second kappa shape index (κ2) is 4.13. The molecular formula is C3H7B2. The zero-order chi connectivity index (χ0) is 4.12. The monoisotopic (exact) mass is 65.1 g/mol.